The second-order valence-electron chi connectivity index (χ2n) is 4.49. The van der Waals surface area contributed by atoms with E-state index in [9.17, 15) is 4.39 Å². The minimum Gasteiger partial charge on any atom is -0.309 e. The summed E-state index contributed by atoms with van der Waals surface area (Å²) in [7, 11) is 0. The number of aromatic nitrogens is 1. The van der Waals surface area contributed by atoms with Crippen molar-refractivity contribution in [2.75, 3.05) is 0 Å². The first-order valence-corrected chi connectivity index (χ1v) is 6.02. The zero-order valence-corrected chi connectivity index (χ0v) is 10.7. The monoisotopic (exact) mass is 244 g/mol. The van der Waals surface area contributed by atoms with E-state index in [4.69, 9.17) is 0 Å². The molecule has 0 saturated heterocycles. The van der Waals surface area contributed by atoms with E-state index >= 15 is 0 Å². The van der Waals surface area contributed by atoms with Crippen molar-refractivity contribution in [3.63, 3.8) is 0 Å². The van der Waals surface area contributed by atoms with Crippen LogP contribution in [0.3, 0.4) is 0 Å². The number of nitrogens with zero attached hydrogens (tertiary/aromatic N) is 1. The van der Waals surface area contributed by atoms with Crippen LogP contribution in [0.4, 0.5) is 4.39 Å². The zero-order chi connectivity index (χ0) is 13.0. The number of halogens is 1. The highest BCUT2D eigenvalue weighted by molar-refractivity contribution is 5.24. The minimum absolute atomic E-state index is 0.151. The molecule has 94 valence electrons. The summed E-state index contributed by atoms with van der Waals surface area (Å²) in [5.74, 6) is -0.151. The van der Waals surface area contributed by atoms with Gasteiger partial charge in [-0.2, -0.15) is 0 Å². The Balaban J connectivity index is 1.88. The van der Waals surface area contributed by atoms with Crippen LogP contribution in [-0.4, -0.2) is 4.98 Å². The van der Waals surface area contributed by atoms with Crippen LogP contribution in [0, 0.1) is 19.7 Å². The number of benzene rings is 1. The van der Waals surface area contributed by atoms with E-state index in [1.54, 1.807) is 6.92 Å². The van der Waals surface area contributed by atoms with Crippen LogP contribution >= 0.6 is 0 Å². The maximum absolute atomic E-state index is 13.1. The predicted molar refractivity (Wildman–Crippen MR) is 70.7 cm³/mol. The molecular weight excluding hydrogens is 227 g/mol. The fourth-order valence-corrected chi connectivity index (χ4v) is 1.77. The first-order valence-electron chi connectivity index (χ1n) is 6.02. The van der Waals surface area contributed by atoms with Crippen LogP contribution in [0.25, 0.3) is 0 Å². The van der Waals surface area contributed by atoms with Gasteiger partial charge in [-0.25, -0.2) is 4.39 Å². The molecule has 1 heterocycles. The lowest BCUT2D eigenvalue weighted by Crippen LogP contribution is -2.13. The van der Waals surface area contributed by atoms with Crippen molar-refractivity contribution in [1.82, 2.24) is 10.3 Å². The molecule has 2 rings (SSSR count). The summed E-state index contributed by atoms with van der Waals surface area (Å²) < 4.78 is 13.1. The van der Waals surface area contributed by atoms with Crippen molar-refractivity contribution in [2.24, 2.45) is 0 Å². The summed E-state index contributed by atoms with van der Waals surface area (Å²) in [5.41, 5.74) is 3.95. The Hall–Kier alpha value is -1.74. The Labute approximate surface area is 107 Å². The molecule has 0 spiro atoms. The Kier molecular flexibility index (Phi) is 4.05. The SMILES string of the molecule is Cc1ccc(CNCc2ccc(F)c(C)c2)cn1. The molecule has 3 heteroatoms. The number of aryl methyl sites for hydroxylation is 2. The van der Waals surface area contributed by atoms with Gasteiger partial charge >= 0.3 is 0 Å². The van der Waals surface area contributed by atoms with Gasteiger partial charge in [-0.15, -0.1) is 0 Å². The molecule has 18 heavy (non-hydrogen) atoms. The van der Waals surface area contributed by atoms with Gasteiger partial charge in [0.1, 0.15) is 5.82 Å². The van der Waals surface area contributed by atoms with E-state index in [0.29, 0.717) is 5.56 Å². The van der Waals surface area contributed by atoms with E-state index in [2.05, 4.69) is 16.4 Å². The molecule has 0 aliphatic heterocycles. The Morgan fingerprint density at radius 3 is 2.44 bits per heavy atom. The highest BCUT2D eigenvalue weighted by Gasteiger charge is 1.99. The maximum atomic E-state index is 13.1. The fraction of sp³-hybridized carbons (Fsp3) is 0.267. The van der Waals surface area contributed by atoms with Crippen molar-refractivity contribution in [3.05, 3.63) is 64.7 Å². The average Bonchev–Trinajstić information content (AvgIpc) is 2.36. The number of hydrogen-bond acceptors (Lipinski definition) is 2. The molecule has 0 fully saturated rings. The van der Waals surface area contributed by atoms with Gasteiger partial charge in [-0.3, -0.25) is 4.98 Å². The lowest BCUT2D eigenvalue weighted by Gasteiger charge is -2.06. The van der Waals surface area contributed by atoms with Gasteiger partial charge in [0.2, 0.25) is 0 Å². The van der Waals surface area contributed by atoms with Crippen molar-refractivity contribution < 1.29 is 4.39 Å². The number of hydrogen-bond donors (Lipinski definition) is 1. The minimum atomic E-state index is -0.151. The van der Waals surface area contributed by atoms with Crippen LogP contribution < -0.4 is 5.32 Å². The maximum Gasteiger partial charge on any atom is 0.126 e. The van der Waals surface area contributed by atoms with Gasteiger partial charge in [0, 0.05) is 25.0 Å². The molecule has 1 aromatic carbocycles. The van der Waals surface area contributed by atoms with Crippen molar-refractivity contribution in [2.45, 2.75) is 26.9 Å². The van der Waals surface area contributed by atoms with E-state index < -0.39 is 0 Å². The smallest absolute Gasteiger partial charge is 0.126 e. The standard InChI is InChI=1S/C15H17FN2/c1-11-7-13(5-6-15(11)16)8-17-9-14-4-3-12(2)18-10-14/h3-7,10,17H,8-9H2,1-2H3. The summed E-state index contributed by atoms with van der Waals surface area (Å²) in [4.78, 5) is 4.24. The highest BCUT2D eigenvalue weighted by atomic mass is 19.1. The first kappa shape index (κ1) is 12.7. The first-order chi connectivity index (χ1) is 8.65. The van der Waals surface area contributed by atoms with Gasteiger partial charge in [-0.1, -0.05) is 18.2 Å². The zero-order valence-electron chi connectivity index (χ0n) is 10.7. The normalized spacial score (nSPS) is 10.6. The predicted octanol–water partition coefficient (Wildman–Crippen LogP) is 3.13. The van der Waals surface area contributed by atoms with Gasteiger partial charge in [0.05, 0.1) is 0 Å². The molecule has 0 unspecified atom stereocenters. The fourth-order valence-electron chi connectivity index (χ4n) is 1.77. The third-order valence-electron chi connectivity index (χ3n) is 2.85. The third-order valence-corrected chi connectivity index (χ3v) is 2.85. The number of nitrogens with one attached hydrogen (secondary N) is 1. The summed E-state index contributed by atoms with van der Waals surface area (Å²) in [6.45, 7) is 5.25. The molecule has 0 atom stereocenters. The summed E-state index contributed by atoms with van der Waals surface area (Å²) in [5, 5.41) is 3.32. The second kappa shape index (κ2) is 5.74. The van der Waals surface area contributed by atoms with Crippen LogP contribution in [0.2, 0.25) is 0 Å². The molecule has 2 nitrogen and oxygen atoms in total. The summed E-state index contributed by atoms with van der Waals surface area (Å²) >= 11 is 0. The van der Waals surface area contributed by atoms with Crippen LogP contribution in [0.1, 0.15) is 22.4 Å². The topological polar surface area (TPSA) is 24.9 Å². The van der Waals surface area contributed by atoms with Gasteiger partial charge < -0.3 is 5.32 Å². The van der Waals surface area contributed by atoms with Crippen LogP contribution in [0.15, 0.2) is 36.5 Å². The molecular formula is C15H17FN2. The average molecular weight is 244 g/mol. The summed E-state index contributed by atoms with van der Waals surface area (Å²) in [6, 6.07) is 9.25. The van der Waals surface area contributed by atoms with Crippen molar-refractivity contribution in [1.29, 1.82) is 0 Å². The largest absolute Gasteiger partial charge is 0.309 e. The molecule has 0 aliphatic rings. The van der Waals surface area contributed by atoms with Crippen molar-refractivity contribution >= 4 is 0 Å². The summed E-state index contributed by atoms with van der Waals surface area (Å²) in [6.07, 6.45) is 1.87. The molecule has 0 bridgehead atoms. The van der Waals surface area contributed by atoms with E-state index in [1.807, 2.05) is 31.3 Å². The molecule has 0 radical (unpaired) electrons. The molecule has 0 amide bonds. The quantitative estimate of drug-likeness (QED) is 0.893. The lowest BCUT2D eigenvalue weighted by molar-refractivity contribution is 0.615. The van der Waals surface area contributed by atoms with Crippen LogP contribution in [-0.2, 0) is 13.1 Å². The number of pyridine rings is 1. The number of rotatable bonds is 4. The van der Waals surface area contributed by atoms with Gasteiger partial charge in [-0.05, 0) is 42.7 Å². The Morgan fingerprint density at radius 2 is 1.78 bits per heavy atom. The highest BCUT2D eigenvalue weighted by Crippen LogP contribution is 2.09. The van der Waals surface area contributed by atoms with E-state index in [1.165, 1.54) is 6.07 Å². The van der Waals surface area contributed by atoms with E-state index in [0.717, 1.165) is 29.9 Å². The Bertz CT molecular complexity index is 521. The molecule has 1 aromatic heterocycles. The molecule has 2 aromatic rings. The van der Waals surface area contributed by atoms with Gasteiger partial charge in [0.15, 0.2) is 0 Å². The van der Waals surface area contributed by atoms with Crippen molar-refractivity contribution in [3.8, 4) is 0 Å². The molecule has 0 aliphatic carbocycles. The van der Waals surface area contributed by atoms with E-state index in [-0.39, 0.29) is 5.82 Å². The molecule has 0 saturated carbocycles. The second-order valence-corrected chi connectivity index (χ2v) is 4.49. The third kappa shape index (κ3) is 3.37. The van der Waals surface area contributed by atoms with Gasteiger partial charge in [0.25, 0.3) is 0 Å². The molecule has 1 N–H and O–H groups in total. The van der Waals surface area contributed by atoms with Crippen LogP contribution in [0.5, 0.6) is 0 Å². The Morgan fingerprint density at radius 1 is 1.06 bits per heavy atom. The lowest BCUT2D eigenvalue weighted by atomic mass is 10.1.